The molecule has 0 spiro atoms. The van der Waals surface area contributed by atoms with Crippen LogP contribution in [0.4, 0.5) is 8.78 Å². The lowest BCUT2D eigenvalue weighted by atomic mass is 10.0. The van der Waals surface area contributed by atoms with Gasteiger partial charge in [-0.2, -0.15) is 0 Å². The molecule has 1 amide bonds. The second-order valence-corrected chi connectivity index (χ2v) is 7.85. The van der Waals surface area contributed by atoms with Crippen LogP contribution in [0.1, 0.15) is 22.6 Å². The average Bonchev–Trinajstić information content (AvgIpc) is 3.26. The highest BCUT2D eigenvalue weighted by Crippen LogP contribution is 2.32. The number of aromatic nitrogens is 5. The SMILES string of the molecule is Cc1nnn(-c2ccccc2C(=O)N2CCC(F)(F)[C@@H](Oc3ccc4ccccc4n3)C2)n1. The molecule has 10 heteroatoms. The molecule has 2 aromatic heterocycles. The van der Waals surface area contributed by atoms with Gasteiger partial charge in [-0.25, -0.2) is 13.8 Å². The van der Waals surface area contributed by atoms with Crippen molar-refractivity contribution < 1.29 is 18.3 Å². The largest absolute Gasteiger partial charge is 0.466 e. The number of tetrazole rings is 1. The Labute approximate surface area is 187 Å². The van der Waals surface area contributed by atoms with Gasteiger partial charge in [0.2, 0.25) is 5.88 Å². The number of carbonyl (C=O) groups is 1. The second kappa shape index (κ2) is 8.19. The maximum absolute atomic E-state index is 14.7. The molecule has 1 aliphatic heterocycles. The zero-order valence-electron chi connectivity index (χ0n) is 17.7. The highest BCUT2D eigenvalue weighted by atomic mass is 19.3. The van der Waals surface area contributed by atoms with E-state index in [1.165, 1.54) is 9.70 Å². The van der Waals surface area contributed by atoms with Crippen LogP contribution in [-0.2, 0) is 0 Å². The van der Waals surface area contributed by atoms with Crippen LogP contribution in [0.25, 0.3) is 16.6 Å². The number of likely N-dealkylation sites (tertiary alicyclic amines) is 1. The van der Waals surface area contributed by atoms with Crippen molar-refractivity contribution in [1.82, 2.24) is 30.1 Å². The van der Waals surface area contributed by atoms with Crippen LogP contribution in [0.3, 0.4) is 0 Å². The van der Waals surface area contributed by atoms with Crippen molar-refractivity contribution >= 4 is 16.8 Å². The molecule has 168 valence electrons. The standard InChI is InChI=1S/C23H20F2N6O2/c1-15-27-29-31(28-15)19-9-5-3-7-17(19)22(32)30-13-12-23(24,25)20(14-30)33-21-11-10-16-6-2-4-8-18(16)26-21/h2-11,20H,12-14H2,1H3/t20-/m0/s1. The summed E-state index contributed by atoms with van der Waals surface area (Å²) in [7, 11) is 0. The third kappa shape index (κ3) is 4.11. The molecular weight excluding hydrogens is 430 g/mol. The van der Waals surface area contributed by atoms with Gasteiger partial charge >= 0.3 is 0 Å². The number of piperidine rings is 1. The van der Waals surface area contributed by atoms with Crippen LogP contribution in [0.2, 0.25) is 0 Å². The van der Waals surface area contributed by atoms with Crippen molar-refractivity contribution in [2.24, 2.45) is 0 Å². The van der Waals surface area contributed by atoms with Gasteiger partial charge in [0.1, 0.15) is 5.69 Å². The summed E-state index contributed by atoms with van der Waals surface area (Å²) >= 11 is 0. The number of halogens is 2. The summed E-state index contributed by atoms with van der Waals surface area (Å²) in [6.45, 7) is 1.30. The van der Waals surface area contributed by atoms with Crippen molar-refractivity contribution in [2.75, 3.05) is 13.1 Å². The van der Waals surface area contributed by atoms with E-state index in [0.717, 1.165) is 5.39 Å². The molecule has 1 saturated heterocycles. The molecule has 0 radical (unpaired) electrons. The molecule has 5 rings (SSSR count). The van der Waals surface area contributed by atoms with E-state index >= 15 is 0 Å². The number of ether oxygens (including phenoxy) is 1. The van der Waals surface area contributed by atoms with Gasteiger partial charge in [-0.1, -0.05) is 30.3 Å². The molecule has 0 saturated carbocycles. The minimum atomic E-state index is -3.10. The lowest BCUT2D eigenvalue weighted by molar-refractivity contribution is -0.131. The number of hydrogen-bond donors (Lipinski definition) is 0. The van der Waals surface area contributed by atoms with E-state index in [0.29, 0.717) is 22.6 Å². The van der Waals surface area contributed by atoms with Crippen LogP contribution in [0.5, 0.6) is 5.88 Å². The zero-order chi connectivity index (χ0) is 23.0. The Morgan fingerprint density at radius 3 is 2.70 bits per heavy atom. The summed E-state index contributed by atoms with van der Waals surface area (Å²) in [5.74, 6) is -2.97. The van der Waals surface area contributed by atoms with Crippen LogP contribution >= 0.6 is 0 Å². The normalized spacial score (nSPS) is 17.8. The topological polar surface area (TPSA) is 86.0 Å². The van der Waals surface area contributed by atoms with E-state index in [-0.39, 0.29) is 19.0 Å². The first-order valence-electron chi connectivity index (χ1n) is 10.5. The number of nitrogens with zero attached hydrogens (tertiary/aromatic N) is 6. The molecule has 2 aromatic carbocycles. The van der Waals surface area contributed by atoms with Crippen LogP contribution in [0.15, 0.2) is 60.7 Å². The number of carbonyl (C=O) groups excluding carboxylic acids is 1. The number of fused-ring (bicyclic) bond motifs is 1. The summed E-state index contributed by atoms with van der Waals surface area (Å²) < 4.78 is 35.1. The summed E-state index contributed by atoms with van der Waals surface area (Å²) in [6.07, 6.45) is -2.04. The average molecular weight is 450 g/mol. The molecule has 0 aliphatic carbocycles. The Morgan fingerprint density at radius 1 is 1.09 bits per heavy atom. The second-order valence-electron chi connectivity index (χ2n) is 7.85. The number of alkyl halides is 2. The number of benzene rings is 2. The van der Waals surface area contributed by atoms with E-state index < -0.39 is 24.4 Å². The van der Waals surface area contributed by atoms with Gasteiger partial charge < -0.3 is 9.64 Å². The van der Waals surface area contributed by atoms with Gasteiger partial charge in [0.05, 0.1) is 17.6 Å². The Morgan fingerprint density at radius 2 is 1.88 bits per heavy atom. The lowest BCUT2D eigenvalue weighted by Gasteiger charge is -2.38. The van der Waals surface area contributed by atoms with Crippen molar-refractivity contribution in [3.05, 3.63) is 72.1 Å². The molecule has 33 heavy (non-hydrogen) atoms. The molecular formula is C23H20F2N6O2. The molecule has 1 atom stereocenters. The number of para-hydroxylation sites is 2. The van der Waals surface area contributed by atoms with Gasteiger partial charge in [-0.3, -0.25) is 4.79 Å². The van der Waals surface area contributed by atoms with E-state index in [4.69, 9.17) is 4.74 Å². The van der Waals surface area contributed by atoms with Crippen LogP contribution in [-0.4, -0.2) is 61.1 Å². The summed E-state index contributed by atoms with van der Waals surface area (Å²) in [5.41, 5.74) is 1.36. The van der Waals surface area contributed by atoms with E-state index in [1.54, 1.807) is 49.4 Å². The van der Waals surface area contributed by atoms with Crippen molar-refractivity contribution in [1.29, 1.82) is 0 Å². The molecule has 0 unspecified atom stereocenters. The molecule has 8 nitrogen and oxygen atoms in total. The fourth-order valence-corrected chi connectivity index (χ4v) is 3.82. The minimum Gasteiger partial charge on any atom is -0.466 e. The zero-order valence-corrected chi connectivity index (χ0v) is 17.7. The number of rotatable bonds is 4. The fourth-order valence-electron chi connectivity index (χ4n) is 3.82. The predicted octanol–water partition coefficient (Wildman–Crippen LogP) is 3.45. The van der Waals surface area contributed by atoms with Crippen LogP contribution in [0, 0.1) is 6.92 Å². The van der Waals surface area contributed by atoms with Gasteiger partial charge in [0.15, 0.2) is 11.9 Å². The van der Waals surface area contributed by atoms with Gasteiger partial charge in [0.25, 0.3) is 11.8 Å². The fraction of sp³-hybridized carbons (Fsp3) is 0.261. The first-order chi connectivity index (χ1) is 15.9. The molecule has 3 heterocycles. The van der Waals surface area contributed by atoms with E-state index in [1.807, 2.05) is 18.2 Å². The number of amides is 1. The number of hydrogen-bond acceptors (Lipinski definition) is 6. The summed E-state index contributed by atoms with van der Waals surface area (Å²) in [5, 5.41) is 12.8. The van der Waals surface area contributed by atoms with E-state index in [9.17, 15) is 13.6 Å². The first kappa shape index (κ1) is 20.9. The summed E-state index contributed by atoms with van der Waals surface area (Å²) in [4.78, 5) is 20.3. The third-order valence-corrected chi connectivity index (χ3v) is 5.56. The maximum Gasteiger partial charge on any atom is 0.287 e. The molecule has 4 aromatic rings. The lowest BCUT2D eigenvalue weighted by Crippen LogP contribution is -2.55. The molecule has 0 N–H and O–H groups in total. The Balaban J connectivity index is 1.40. The van der Waals surface area contributed by atoms with Gasteiger partial charge in [-0.15, -0.1) is 15.0 Å². The Kier molecular flexibility index (Phi) is 5.20. The van der Waals surface area contributed by atoms with Gasteiger partial charge in [0, 0.05) is 24.4 Å². The van der Waals surface area contributed by atoms with Crippen molar-refractivity contribution in [3.8, 4) is 11.6 Å². The smallest absolute Gasteiger partial charge is 0.287 e. The molecule has 0 bridgehead atoms. The maximum atomic E-state index is 14.7. The van der Waals surface area contributed by atoms with Crippen LogP contribution < -0.4 is 4.74 Å². The van der Waals surface area contributed by atoms with Crippen molar-refractivity contribution in [3.63, 3.8) is 0 Å². The number of aryl methyl sites for hydroxylation is 1. The van der Waals surface area contributed by atoms with E-state index in [2.05, 4.69) is 20.4 Å². The minimum absolute atomic E-state index is 0.0929. The monoisotopic (exact) mass is 450 g/mol. The van der Waals surface area contributed by atoms with Gasteiger partial charge in [-0.05, 0) is 36.4 Å². The molecule has 1 fully saturated rings. The Bertz CT molecular complexity index is 1330. The third-order valence-electron chi connectivity index (χ3n) is 5.56. The highest BCUT2D eigenvalue weighted by Gasteiger charge is 2.47. The quantitative estimate of drug-likeness (QED) is 0.474. The first-order valence-corrected chi connectivity index (χ1v) is 10.5. The number of pyridine rings is 1. The highest BCUT2D eigenvalue weighted by molar-refractivity contribution is 5.97. The predicted molar refractivity (Wildman–Crippen MR) is 116 cm³/mol. The van der Waals surface area contributed by atoms with Crippen molar-refractivity contribution in [2.45, 2.75) is 25.4 Å². The Hall–Kier alpha value is -3.95. The molecule has 1 aliphatic rings. The summed E-state index contributed by atoms with van der Waals surface area (Å²) in [6, 6.07) is 17.4.